The standard InChI is InChI=1S/C31H24N2O3S/c1-37(35,36)28-11-8-24(9-12-28)19-27-21-33-30-13-10-23(20-29(30)31(27)34)5-2-4-22-6-3-7-26(18-22)25-14-16-32-17-15-25/h3,6-18,20-21H,4,19H2,1H3,(H,33,34). The van der Waals surface area contributed by atoms with Gasteiger partial charge in [-0.2, -0.15) is 0 Å². The van der Waals surface area contributed by atoms with Crippen molar-refractivity contribution < 1.29 is 8.42 Å². The Kier molecular flexibility index (Phi) is 6.72. The largest absolute Gasteiger partial charge is 0.361 e. The van der Waals surface area contributed by atoms with Crippen molar-refractivity contribution in [1.29, 1.82) is 0 Å². The third-order valence-corrected chi connectivity index (χ3v) is 7.30. The average molecular weight is 505 g/mol. The van der Waals surface area contributed by atoms with Crippen molar-refractivity contribution in [2.75, 3.05) is 6.26 Å². The van der Waals surface area contributed by atoms with Crippen molar-refractivity contribution in [3.63, 3.8) is 0 Å². The molecule has 3 aromatic carbocycles. The minimum Gasteiger partial charge on any atom is -0.361 e. The highest BCUT2D eigenvalue weighted by Crippen LogP contribution is 2.20. The molecule has 0 spiro atoms. The number of sulfone groups is 1. The van der Waals surface area contributed by atoms with E-state index in [1.165, 1.54) is 6.26 Å². The van der Waals surface area contributed by atoms with Crippen LogP contribution in [0.2, 0.25) is 0 Å². The number of fused-ring (bicyclic) bond motifs is 1. The molecule has 6 heteroatoms. The normalized spacial score (nSPS) is 11.2. The van der Waals surface area contributed by atoms with Gasteiger partial charge in [0.2, 0.25) is 0 Å². The molecule has 2 heterocycles. The number of hydrogen-bond donors (Lipinski definition) is 1. The summed E-state index contributed by atoms with van der Waals surface area (Å²) < 4.78 is 23.4. The van der Waals surface area contributed by atoms with Crippen LogP contribution < -0.4 is 5.43 Å². The Morgan fingerprint density at radius 3 is 2.41 bits per heavy atom. The van der Waals surface area contributed by atoms with E-state index in [2.05, 4.69) is 40.0 Å². The molecule has 0 atom stereocenters. The lowest BCUT2D eigenvalue weighted by atomic mass is 10.0. The van der Waals surface area contributed by atoms with Crippen LogP contribution >= 0.6 is 0 Å². The molecule has 0 unspecified atom stereocenters. The zero-order valence-corrected chi connectivity index (χ0v) is 21.0. The van der Waals surface area contributed by atoms with Crippen LogP contribution in [0.5, 0.6) is 0 Å². The number of nitrogens with zero attached hydrogens (tertiary/aromatic N) is 1. The second-order valence-electron chi connectivity index (χ2n) is 8.91. The van der Waals surface area contributed by atoms with Crippen LogP contribution in [0.4, 0.5) is 0 Å². The molecule has 0 bridgehead atoms. The highest BCUT2D eigenvalue weighted by atomic mass is 32.2. The van der Waals surface area contributed by atoms with Crippen molar-refractivity contribution >= 4 is 20.7 Å². The molecular weight excluding hydrogens is 480 g/mol. The van der Waals surface area contributed by atoms with Crippen LogP contribution in [-0.2, 0) is 22.7 Å². The molecule has 0 amide bonds. The summed E-state index contributed by atoms with van der Waals surface area (Å²) >= 11 is 0. The van der Waals surface area contributed by atoms with Gasteiger partial charge in [0, 0.05) is 59.7 Å². The van der Waals surface area contributed by atoms with E-state index in [-0.39, 0.29) is 10.3 Å². The summed E-state index contributed by atoms with van der Waals surface area (Å²) in [5, 5.41) is 0.580. The number of pyridine rings is 2. The Morgan fingerprint density at radius 1 is 0.865 bits per heavy atom. The van der Waals surface area contributed by atoms with Gasteiger partial charge < -0.3 is 4.98 Å². The van der Waals surface area contributed by atoms with Crippen molar-refractivity contribution in [3.8, 4) is 23.0 Å². The highest BCUT2D eigenvalue weighted by molar-refractivity contribution is 7.90. The number of aromatic amines is 1. The van der Waals surface area contributed by atoms with Gasteiger partial charge in [0.05, 0.1) is 4.90 Å². The van der Waals surface area contributed by atoms with Crippen molar-refractivity contribution in [1.82, 2.24) is 9.97 Å². The fourth-order valence-electron chi connectivity index (χ4n) is 4.20. The molecule has 1 N–H and O–H groups in total. The van der Waals surface area contributed by atoms with E-state index in [1.54, 1.807) is 42.9 Å². The molecule has 5 nitrogen and oxygen atoms in total. The van der Waals surface area contributed by atoms with E-state index < -0.39 is 9.84 Å². The summed E-state index contributed by atoms with van der Waals surface area (Å²) in [6.07, 6.45) is 7.45. The van der Waals surface area contributed by atoms with E-state index in [0.717, 1.165) is 33.3 Å². The monoisotopic (exact) mass is 504 g/mol. The van der Waals surface area contributed by atoms with E-state index in [9.17, 15) is 13.2 Å². The van der Waals surface area contributed by atoms with Gasteiger partial charge in [-0.15, -0.1) is 0 Å². The van der Waals surface area contributed by atoms with Crippen LogP contribution in [0.25, 0.3) is 22.0 Å². The molecule has 0 aliphatic rings. The first kappa shape index (κ1) is 24.2. The van der Waals surface area contributed by atoms with Crippen LogP contribution in [0.1, 0.15) is 22.3 Å². The van der Waals surface area contributed by atoms with Gasteiger partial charge in [-0.3, -0.25) is 9.78 Å². The van der Waals surface area contributed by atoms with Gasteiger partial charge in [0.15, 0.2) is 15.3 Å². The minimum absolute atomic E-state index is 0.0605. The molecule has 182 valence electrons. The Hall–Kier alpha value is -4.47. The molecule has 5 rings (SSSR count). The second-order valence-corrected chi connectivity index (χ2v) is 10.9. The number of nitrogens with one attached hydrogen (secondary N) is 1. The summed E-state index contributed by atoms with van der Waals surface area (Å²) in [7, 11) is -3.26. The fraction of sp³-hybridized carbons (Fsp3) is 0.0968. The number of rotatable bonds is 5. The van der Waals surface area contributed by atoms with Crippen molar-refractivity contribution in [2.45, 2.75) is 17.7 Å². The van der Waals surface area contributed by atoms with Crippen molar-refractivity contribution in [3.05, 3.63) is 130 Å². The number of H-pyrrole nitrogens is 1. The summed E-state index contributed by atoms with van der Waals surface area (Å²) in [5.41, 5.74) is 6.28. The van der Waals surface area contributed by atoms with E-state index >= 15 is 0 Å². The first-order valence-electron chi connectivity index (χ1n) is 11.8. The van der Waals surface area contributed by atoms with E-state index in [4.69, 9.17) is 0 Å². The predicted octanol–water partition coefficient (Wildman–Crippen LogP) is 5.18. The zero-order valence-electron chi connectivity index (χ0n) is 20.2. The third kappa shape index (κ3) is 5.69. The molecule has 0 radical (unpaired) electrons. The maximum absolute atomic E-state index is 13.2. The average Bonchev–Trinajstić information content (AvgIpc) is 2.91. The van der Waals surface area contributed by atoms with Gasteiger partial charge in [0.25, 0.3) is 0 Å². The third-order valence-electron chi connectivity index (χ3n) is 6.17. The molecule has 0 saturated heterocycles. The topological polar surface area (TPSA) is 79.9 Å². The quantitative estimate of drug-likeness (QED) is 0.335. The second kappa shape index (κ2) is 10.3. The van der Waals surface area contributed by atoms with Crippen LogP contribution in [0.15, 0.2) is 107 Å². The zero-order chi connectivity index (χ0) is 25.8. The Labute approximate surface area is 215 Å². The van der Waals surface area contributed by atoms with Crippen molar-refractivity contribution in [2.24, 2.45) is 0 Å². The number of aromatic nitrogens is 2. The van der Waals surface area contributed by atoms with Gasteiger partial charge in [-0.1, -0.05) is 48.2 Å². The Balaban J connectivity index is 1.36. The molecule has 0 fully saturated rings. The van der Waals surface area contributed by atoms with Gasteiger partial charge in [0.1, 0.15) is 0 Å². The molecule has 5 aromatic rings. The molecule has 0 aliphatic carbocycles. The maximum Gasteiger partial charge on any atom is 0.192 e. The maximum atomic E-state index is 13.2. The SMILES string of the molecule is CS(=O)(=O)c1ccc(Cc2c[nH]c3ccc(C#CCc4cccc(-c5ccncc5)c4)cc3c2=O)cc1. The van der Waals surface area contributed by atoms with Crippen LogP contribution in [0.3, 0.4) is 0 Å². The summed E-state index contributed by atoms with van der Waals surface area (Å²) in [5.74, 6) is 6.42. The van der Waals surface area contributed by atoms with Gasteiger partial charge in [-0.25, -0.2) is 8.42 Å². The van der Waals surface area contributed by atoms with Crippen LogP contribution in [0, 0.1) is 11.8 Å². The van der Waals surface area contributed by atoms with Crippen LogP contribution in [-0.4, -0.2) is 24.6 Å². The highest BCUT2D eigenvalue weighted by Gasteiger charge is 2.09. The lowest BCUT2D eigenvalue weighted by Gasteiger charge is -2.06. The lowest BCUT2D eigenvalue weighted by molar-refractivity contribution is 0.602. The summed E-state index contributed by atoms with van der Waals surface area (Å²) in [6.45, 7) is 0. The first-order chi connectivity index (χ1) is 17.9. The molecule has 2 aromatic heterocycles. The number of hydrogen-bond acceptors (Lipinski definition) is 4. The van der Waals surface area contributed by atoms with E-state index in [0.29, 0.717) is 23.8 Å². The van der Waals surface area contributed by atoms with E-state index in [1.807, 2.05) is 36.4 Å². The number of benzene rings is 3. The predicted molar refractivity (Wildman–Crippen MR) is 147 cm³/mol. The molecule has 0 aliphatic heterocycles. The van der Waals surface area contributed by atoms with Gasteiger partial charge >= 0.3 is 0 Å². The summed E-state index contributed by atoms with van der Waals surface area (Å²) in [6, 6.07) is 24.5. The smallest absolute Gasteiger partial charge is 0.192 e. The Bertz CT molecular complexity index is 1810. The molecule has 37 heavy (non-hydrogen) atoms. The minimum atomic E-state index is -3.26. The molecular formula is C31H24N2O3S. The first-order valence-corrected chi connectivity index (χ1v) is 13.7. The lowest BCUT2D eigenvalue weighted by Crippen LogP contribution is -2.11. The Morgan fingerprint density at radius 2 is 1.65 bits per heavy atom. The van der Waals surface area contributed by atoms with Gasteiger partial charge in [-0.05, 0) is 64.7 Å². The fourth-order valence-corrected chi connectivity index (χ4v) is 4.83. The molecule has 0 saturated carbocycles. The summed E-state index contributed by atoms with van der Waals surface area (Å²) in [4.78, 5) is 20.7.